The molecule has 0 bridgehead atoms. The van der Waals surface area contributed by atoms with Crippen molar-refractivity contribution < 1.29 is 196 Å². The number of hydrogen-bond donors (Lipinski definition) is 0. The fourth-order valence-electron chi connectivity index (χ4n) is 0.385. The quantitative estimate of drug-likeness (QED) is 0.395. The minimum absolute atomic E-state index is 0. The fourth-order valence-corrected chi connectivity index (χ4v) is 0.385. The summed E-state index contributed by atoms with van der Waals surface area (Å²) in [6, 6.07) is 3.79. The Morgan fingerprint density at radius 1 is 1.00 bits per heavy atom. The summed E-state index contributed by atoms with van der Waals surface area (Å²) in [6.45, 7) is 2.01. The summed E-state index contributed by atoms with van der Waals surface area (Å²) < 4.78 is 0. The van der Waals surface area contributed by atoms with E-state index in [1.54, 1.807) is 6.20 Å². The summed E-state index contributed by atoms with van der Waals surface area (Å²) in [6.07, 6.45) is 4.44. The molecule has 0 unspecified atom stereocenters. The van der Waals surface area contributed by atoms with Crippen molar-refractivity contribution in [1.82, 2.24) is 4.98 Å². The molecule has 1 aromatic heterocycles. The molecule has 7 heteroatoms. The first-order chi connectivity index (χ1) is 3.39. The van der Waals surface area contributed by atoms with Gasteiger partial charge in [-0.1, -0.05) is 19.3 Å². The fraction of sp³-hybridized carbons (Fsp3) is 0.167. The van der Waals surface area contributed by atoms with Crippen LogP contribution in [0.25, 0.3) is 0 Å². The van der Waals surface area contributed by atoms with Crippen molar-refractivity contribution in [3.05, 3.63) is 30.1 Å². The molecule has 1 nitrogen and oxygen atoms in total. The monoisotopic (exact) mass is 625 g/mol. The third-order valence-corrected chi connectivity index (χ3v) is 0.779. The third-order valence-electron chi connectivity index (χ3n) is 0.779. The van der Waals surface area contributed by atoms with Gasteiger partial charge >= 0.3 is 0 Å². The number of rotatable bonds is 0. The van der Waals surface area contributed by atoms with Gasteiger partial charge in [0.2, 0.25) is 0 Å². The zero-order valence-corrected chi connectivity index (χ0v) is 24.7. The molecule has 0 N–H and O–H groups in total. The van der Waals surface area contributed by atoms with Crippen LogP contribution in [-0.4, -0.2) is 4.98 Å². The van der Waals surface area contributed by atoms with Gasteiger partial charge in [0.05, 0.1) is 0 Å². The summed E-state index contributed by atoms with van der Waals surface area (Å²) in [4.78, 5) is 3.72. The Hall–Kier alpha value is 5.77. The van der Waals surface area contributed by atoms with Crippen molar-refractivity contribution in [2.75, 3.05) is 0 Å². The Balaban J connectivity index is -0.0000000204. The Labute approximate surface area is 231 Å². The minimum Gasteiger partial charge on any atom is -0.394 e. The molecule has 13 heavy (non-hydrogen) atoms. The first-order valence-electron chi connectivity index (χ1n) is 2.18. The first-order valence-corrected chi connectivity index (χ1v) is 2.18. The van der Waals surface area contributed by atoms with Gasteiger partial charge in [0, 0.05) is 196 Å². The van der Waals surface area contributed by atoms with Crippen LogP contribution in [0, 0.1) is 13.1 Å². The van der Waals surface area contributed by atoms with E-state index >= 15 is 0 Å². The molecule has 0 spiro atoms. The molecule has 54 valence electrons. The molecular formula is C6H6NY6-. The number of aryl methyl sites for hydroxylation is 1. The van der Waals surface area contributed by atoms with Crippen molar-refractivity contribution in [1.29, 1.82) is 0 Å². The average molecular weight is 626 g/mol. The number of hydrogen-bond acceptors (Lipinski definition) is 1. The second kappa shape index (κ2) is 26.4. The number of pyridine rings is 1. The zero-order valence-electron chi connectivity index (χ0n) is 7.64. The summed E-state index contributed by atoms with van der Waals surface area (Å²) in [5.74, 6) is 0. The molecule has 0 saturated heterocycles. The van der Waals surface area contributed by atoms with Gasteiger partial charge in [0.15, 0.2) is 0 Å². The largest absolute Gasteiger partial charge is 0.394 e. The van der Waals surface area contributed by atoms with E-state index in [0.29, 0.717) is 0 Å². The summed E-state index contributed by atoms with van der Waals surface area (Å²) >= 11 is 0. The zero-order chi connectivity index (χ0) is 5.11. The molecular weight excluding hydrogens is 620 g/mol. The Kier molecular flexibility index (Phi) is 73.7. The van der Waals surface area contributed by atoms with Gasteiger partial charge in [-0.2, -0.15) is 17.7 Å². The van der Waals surface area contributed by atoms with Gasteiger partial charge in [0.1, 0.15) is 0 Å². The van der Waals surface area contributed by atoms with E-state index < -0.39 is 0 Å². The van der Waals surface area contributed by atoms with Crippen molar-refractivity contribution in [2.45, 2.75) is 6.92 Å². The van der Waals surface area contributed by atoms with Crippen molar-refractivity contribution >= 4 is 0 Å². The predicted octanol–water partition coefficient (Wildman–Crippen LogP) is 1.18. The van der Waals surface area contributed by atoms with Crippen LogP contribution in [-0.2, 0) is 196 Å². The standard InChI is InChI=1S/C6H6N.6Y/c1-6-2-4-7-5-3-6;;;;;;/h2-4H,1H3;;;;;;/q-1;;;;;;. The molecule has 0 fully saturated rings. The smallest absolute Gasteiger partial charge is 0 e. The van der Waals surface area contributed by atoms with Crippen LogP contribution < -0.4 is 0 Å². The minimum atomic E-state index is 0. The molecule has 0 aliphatic carbocycles. The normalized spacial score (nSPS) is 4.69. The van der Waals surface area contributed by atoms with Gasteiger partial charge < -0.3 is 4.98 Å². The molecule has 0 amide bonds. The van der Waals surface area contributed by atoms with E-state index in [2.05, 4.69) is 11.2 Å². The van der Waals surface area contributed by atoms with E-state index in [9.17, 15) is 0 Å². The Bertz CT molecular complexity index is 147. The van der Waals surface area contributed by atoms with Gasteiger partial charge in [0.25, 0.3) is 0 Å². The topological polar surface area (TPSA) is 12.9 Å². The third kappa shape index (κ3) is 23.3. The van der Waals surface area contributed by atoms with E-state index in [1.165, 1.54) is 5.56 Å². The SMILES string of the molecule is Cc1c[c-]ncc1.[Y].[Y].[Y].[Y].[Y].[Y]. The van der Waals surface area contributed by atoms with Crippen LogP contribution in [0.5, 0.6) is 0 Å². The molecule has 1 heterocycles. The van der Waals surface area contributed by atoms with Crippen LogP contribution in [0.2, 0.25) is 0 Å². The van der Waals surface area contributed by atoms with Gasteiger partial charge in [-0.15, -0.1) is 0 Å². The maximum absolute atomic E-state index is 3.72. The van der Waals surface area contributed by atoms with Crippen molar-refractivity contribution in [3.63, 3.8) is 0 Å². The second-order valence-corrected chi connectivity index (χ2v) is 1.46. The van der Waals surface area contributed by atoms with Crippen molar-refractivity contribution in [3.8, 4) is 0 Å². The van der Waals surface area contributed by atoms with Crippen molar-refractivity contribution in [2.24, 2.45) is 0 Å². The van der Waals surface area contributed by atoms with Crippen LogP contribution in [0.4, 0.5) is 0 Å². The molecule has 0 atom stereocenters. The Morgan fingerprint density at radius 3 is 1.62 bits per heavy atom. The average Bonchev–Trinajstić information content (AvgIpc) is 1.69. The maximum atomic E-state index is 3.72. The van der Waals surface area contributed by atoms with E-state index in [1.807, 2.05) is 19.1 Å². The molecule has 6 radical (unpaired) electrons. The summed E-state index contributed by atoms with van der Waals surface area (Å²) in [5, 5.41) is 0. The predicted molar refractivity (Wildman–Crippen MR) is 27.8 cm³/mol. The number of nitrogens with zero attached hydrogens (tertiary/aromatic N) is 1. The van der Waals surface area contributed by atoms with E-state index in [4.69, 9.17) is 0 Å². The second-order valence-electron chi connectivity index (χ2n) is 1.46. The number of aromatic nitrogens is 1. The summed E-state index contributed by atoms with van der Waals surface area (Å²) in [5.41, 5.74) is 1.20. The van der Waals surface area contributed by atoms with Crippen LogP contribution in [0.1, 0.15) is 5.56 Å². The molecule has 0 aliphatic rings. The first kappa shape index (κ1) is 36.3. The maximum Gasteiger partial charge on any atom is 0 e. The van der Waals surface area contributed by atoms with Gasteiger partial charge in [-0.25, -0.2) is 0 Å². The molecule has 1 rings (SSSR count). The Morgan fingerprint density at radius 2 is 1.46 bits per heavy atom. The van der Waals surface area contributed by atoms with Crippen LogP contribution in [0.3, 0.4) is 0 Å². The van der Waals surface area contributed by atoms with E-state index in [-0.39, 0.29) is 196 Å². The van der Waals surface area contributed by atoms with Gasteiger partial charge in [-0.05, 0) is 0 Å². The van der Waals surface area contributed by atoms with Crippen LogP contribution >= 0.6 is 0 Å². The molecule has 0 aromatic carbocycles. The molecule has 0 aliphatic heterocycles. The van der Waals surface area contributed by atoms with Crippen LogP contribution in [0.15, 0.2) is 18.3 Å². The van der Waals surface area contributed by atoms with Gasteiger partial charge in [-0.3, -0.25) is 0 Å². The van der Waals surface area contributed by atoms with E-state index in [0.717, 1.165) is 0 Å². The summed E-state index contributed by atoms with van der Waals surface area (Å²) in [7, 11) is 0. The molecule has 0 saturated carbocycles. The molecule has 1 aromatic rings.